The Morgan fingerprint density at radius 1 is 0.788 bits per heavy atom. The first-order valence-corrected chi connectivity index (χ1v) is 10.7. The predicted molar refractivity (Wildman–Crippen MR) is 125 cm³/mol. The number of hydrogen-bond donors (Lipinski definition) is 0. The summed E-state index contributed by atoms with van der Waals surface area (Å²) in [7, 11) is 1.58. The van der Waals surface area contributed by atoms with Gasteiger partial charge < -0.3 is 9.64 Å². The van der Waals surface area contributed by atoms with Crippen molar-refractivity contribution in [2.75, 3.05) is 12.0 Å². The zero-order valence-electron chi connectivity index (χ0n) is 18.3. The lowest BCUT2D eigenvalue weighted by Gasteiger charge is -2.48. The van der Waals surface area contributed by atoms with Crippen LogP contribution in [0.4, 0.5) is 5.69 Å². The van der Waals surface area contributed by atoms with E-state index in [-0.39, 0.29) is 5.91 Å². The third-order valence-corrected chi connectivity index (χ3v) is 6.22. The van der Waals surface area contributed by atoms with Crippen molar-refractivity contribution in [3.63, 3.8) is 0 Å². The van der Waals surface area contributed by atoms with Gasteiger partial charge in [-0.05, 0) is 54.5 Å². The van der Waals surface area contributed by atoms with E-state index in [9.17, 15) is 14.4 Å². The van der Waals surface area contributed by atoms with Crippen LogP contribution in [0.25, 0.3) is 5.57 Å². The van der Waals surface area contributed by atoms with Crippen LogP contribution in [0.1, 0.15) is 33.2 Å². The van der Waals surface area contributed by atoms with Gasteiger partial charge in [-0.2, -0.15) is 0 Å². The number of anilines is 1. The molecule has 1 saturated heterocycles. The standard InChI is InChI=1S/C27H22N2O4/c1-17(18-8-4-3-5-9-18)16-23-24(27(32)28(23)19-12-14-20(33-2)15-13-19)29-25(30)21-10-6-7-11-22(21)26(29)31/h3-16,23-24H,1-2H3/t23-,24+/m0/s1. The van der Waals surface area contributed by atoms with E-state index in [1.807, 2.05) is 43.3 Å². The molecule has 0 radical (unpaired) electrons. The number of methoxy groups -OCH3 is 1. The summed E-state index contributed by atoms with van der Waals surface area (Å²) in [4.78, 5) is 42.4. The molecule has 0 bridgehead atoms. The quantitative estimate of drug-likeness (QED) is 0.443. The third-order valence-electron chi connectivity index (χ3n) is 6.22. The van der Waals surface area contributed by atoms with E-state index in [1.54, 1.807) is 60.5 Å². The molecule has 0 aromatic heterocycles. The fourth-order valence-corrected chi connectivity index (χ4v) is 4.48. The molecule has 2 atom stereocenters. The number of benzene rings is 3. The summed E-state index contributed by atoms with van der Waals surface area (Å²) in [6.07, 6.45) is 1.95. The van der Waals surface area contributed by atoms with Crippen molar-refractivity contribution < 1.29 is 19.1 Å². The minimum absolute atomic E-state index is 0.295. The minimum atomic E-state index is -0.904. The van der Waals surface area contributed by atoms with Crippen molar-refractivity contribution in [3.05, 3.63) is 102 Å². The van der Waals surface area contributed by atoms with Crippen molar-refractivity contribution in [2.24, 2.45) is 0 Å². The molecule has 6 nitrogen and oxygen atoms in total. The van der Waals surface area contributed by atoms with Gasteiger partial charge in [0.1, 0.15) is 11.8 Å². The van der Waals surface area contributed by atoms with Gasteiger partial charge in [0.05, 0.1) is 24.3 Å². The summed E-state index contributed by atoms with van der Waals surface area (Å²) in [6, 6.07) is 22.3. The summed E-state index contributed by atoms with van der Waals surface area (Å²) in [6.45, 7) is 1.96. The maximum absolute atomic E-state index is 13.4. The number of amides is 3. The van der Waals surface area contributed by atoms with Crippen LogP contribution in [-0.2, 0) is 4.79 Å². The summed E-state index contributed by atoms with van der Waals surface area (Å²) in [5, 5.41) is 0. The molecular formula is C27H22N2O4. The number of nitrogens with zero attached hydrogens (tertiary/aromatic N) is 2. The maximum Gasteiger partial charge on any atom is 0.262 e. The largest absolute Gasteiger partial charge is 0.497 e. The van der Waals surface area contributed by atoms with E-state index in [1.165, 1.54) is 0 Å². The van der Waals surface area contributed by atoms with Crippen molar-refractivity contribution in [1.82, 2.24) is 4.90 Å². The molecule has 1 fully saturated rings. The monoisotopic (exact) mass is 438 g/mol. The van der Waals surface area contributed by atoms with Gasteiger partial charge in [-0.15, -0.1) is 0 Å². The van der Waals surface area contributed by atoms with Gasteiger partial charge in [0.2, 0.25) is 0 Å². The van der Waals surface area contributed by atoms with Crippen LogP contribution in [0.2, 0.25) is 0 Å². The highest BCUT2D eigenvalue weighted by Crippen LogP contribution is 2.38. The van der Waals surface area contributed by atoms with E-state index < -0.39 is 23.9 Å². The van der Waals surface area contributed by atoms with Crippen molar-refractivity contribution in [1.29, 1.82) is 0 Å². The number of fused-ring (bicyclic) bond motifs is 1. The Morgan fingerprint density at radius 3 is 1.94 bits per heavy atom. The van der Waals surface area contributed by atoms with Crippen LogP contribution in [-0.4, -0.2) is 41.8 Å². The first-order chi connectivity index (χ1) is 16.0. The highest BCUT2D eigenvalue weighted by Gasteiger charge is 2.56. The van der Waals surface area contributed by atoms with Crippen LogP contribution in [0.3, 0.4) is 0 Å². The molecule has 0 saturated carbocycles. The topological polar surface area (TPSA) is 66.9 Å². The molecule has 3 amide bonds. The van der Waals surface area contributed by atoms with E-state index in [2.05, 4.69) is 0 Å². The van der Waals surface area contributed by atoms with Crippen molar-refractivity contribution in [2.45, 2.75) is 19.0 Å². The smallest absolute Gasteiger partial charge is 0.262 e. The number of hydrogen-bond acceptors (Lipinski definition) is 4. The first-order valence-electron chi connectivity index (χ1n) is 10.7. The van der Waals surface area contributed by atoms with Gasteiger partial charge >= 0.3 is 0 Å². The maximum atomic E-state index is 13.4. The fraction of sp³-hybridized carbons (Fsp3) is 0.148. The number of allylic oxidation sites excluding steroid dienone is 1. The van der Waals surface area contributed by atoms with Gasteiger partial charge in [-0.1, -0.05) is 48.5 Å². The highest BCUT2D eigenvalue weighted by molar-refractivity contribution is 6.25. The fourth-order valence-electron chi connectivity index (χ4n) is 4.48. The normalized spacial score (nSPS) is 20.1. The van der Waals surface area contributed by atoms with Gasteiger partial charge in [0.25, 0.3) is 17.7 Å². The molecule has 0 spiro atoms. The zero-order valence-corrected chi connectivity index (χ0v) is 18.3. The SMILES string of the molecule is COc1ccc(N2C(=O)[C@H](N3C(=O)c4ccccc4C3=O)[C@@H]2C=C(C)c2ccccc2)cc1. The Bertz CT molecular complexity index is 1250. The van der Waals surface area contributed by atoms with Crippen molar-refractivity contribution in [3.8, 4) is 5.75 Å². The second kappa shape index (κ2) is 8.06. The molecule has 6 heteroatoms. The van der Waals surface area contributed by atoms with Crippen LogP contribution < -0.4 is 9.64 Å². The molecule has 33 heavy (non-hydrogen) atoms. The average molecular weight is 438 g/mol. The lowest BCUT2D eigenvalue weighted by atomic mass is 9.89. The molecule has 2 aliphatic rings. The number of carbonyl (C=O) groups is 3. The molecular weight excluding hydrogens is 416 g/mol. The molecule has 2 aliphatic heterocycles. The number of imide groups is 1. The van der Waals surface area contributed by atoms with E-state index in [0.717, 1.165) is 16.0 Å². The van der Waals surface area contributed by atoms with Crippen LogP contribution >= 0.6 is 0 Å². The Hall–Kier alpha value is -4.19. The number of carbonyl (C=O) groups excluding carboxylic acids is 3. The predicted octanol–water partition coefficient (Wildman–Crippen LogP) is 4.18. The summed E-state index contributed by atoms with van der Waals surface area (Å²) in [5.41, 5.74) is 3.30. The Morgan fingerprint density at radius 2 is 1.36 bits per heavy atom. The molecule has 3 aromatic rings. The second-order valence-electron chi connectivity index (χ2n) is 8.08. The molecule has 0 N–H and O–H groups in total. The first kappa shape index (κ1) is 20.7. The molecule has 164 valence electrons. The van der Waals surface area contributed by atoms with E-state index in [4.69, 9.17) is 4.74 Å². The summed E-state index contributed by atoms with van der Waals surface area (Å²) < 4.78 is 5.23. The lowest BCUT2D eigenvalue weighted by Crippen LogP contribution is -2.71. The third kappa shape index (κ3) is 3.31. The van der Waals surface area contributed by atoms with E-state index >= 15 is 0 Å². The van der Waals surface area contributed by atoms with Crippen molar-refractivity contribution >= 4 is 29.0 Å². The number of β-lactam (4-membered cyclic amide) rings is 1. The molecule has 5 rings (SSSR count). The molecule has 3 aromatic carbocycles. The Labute approximate surface area is 191 Å². The van der Waals surface area contributed by atoms with Crippen LogP contribution in [0.15, 0.2) is 84.9 Å². The van der Waals surface area contributed by atoms with Gasteiger partial charge in [-0.3, -0.25) is 19.3 Å². The summed E-state index contributed by atoms with van der Waals surface area (Å²) in [5.74, 6) is -0.480. The van der Waals surface area contributed by atoms with Gasteiger partial charge in [0, 0.05) is 5.69 Å². The van der Waals surface area contributed by atoms with E-state index in [0.29, 0.717) is 22.6 Å². The average Bonchev–Trinajstić information content (AvgIpc) is 3.10. The Balaban J connectivity index is 1.55. The van der Waals surface area contributed by atoms with Crippen LogP contribution in [0, 0.1) is 0 Å². The summed E-state index contributed by atoms with van der Waals surface area (Å²) >= 11 is 0. The highest BCUT2D eigenvalue weighted by atomic mass is 16.5. The number of ether oxygens (including phenoxy) is 1. The lowest BCUT2D eigenvalue weighted by molar-refractivity contribution is -0.128. The van der Waals surface area contributed by atoms with Crippen LogP contribution in [0.5, 0.6) is 5.75 Å². The molecule has 0 aliphatic carbocycles. The molecule has 2 heterocycles. The molecule has 0 unspecified atom stereocenters. The number of rotatable bonds is 5. The Kier molecular flexibility index (Phi) is 5.05. The second-order valence-corrected chi connectivity index (χ2v) is 8.08. The minimum Gasteiger partial charge on any atom is -0.497 e. The zero-order chi connectivity index (χ0) is 23.1. The van der Waals surface area contributed by atoms with Gasteiger partial charge in [-0.25, -0.2) is 0 Å². The van der Waals surface area contributed by atoms with Gasteiger partial charge in [0.15, 0.2) is 0 Å².